The second-order valence-electron chi connectivity index (χ2n) is 8.54. The van der Waals surface area contributed by atoms with Gasteiger partial charge < -0.3 is 4.74 Å². The highest BCUT2D eigenvalue weighted by molar-refractivity contribution is 5.99. The van der Waals surface area contributed by atoms with Crippen molar-refractivity contribution in [1.82, 2.24) is 4.90 Å². The van der Waals surface area contributed by atoms with Crippen LogP contribution in [0.25, 0.3) is 11.3 Å². The molecule has 0 saturated carbocycles. The topological polar surface area (TPSA) is 29.5 Å². The van der Waals surface area contributed by atoms with Crippen molar-refractivity contribution in [1.29, 1.82) is 0 Å². The Balaban J connectivity index is 1.90. The minimum absolute atomic E-state index is 0.119. The third kappa shape index (κ3) is 4.16. The van der Waals surface area contributed by atoms with Crippen molar-refractivity contribution in [3.8, 4) is 0 Å². The van der Waals surface area contributed by atoms with E-state index < -0.39 is 5.60 Å². The number of amides is 1. The van der Waals surface area contributed by atoms with Crippen LogP contribution in [-0.2, 0) is 4.74 Å². The molecule has 30 heavy (non-hydrogen) atoms. The third-order valence-corrected chi connectivity index (χ3v) is 5.18. The van der Waals surface area contributed by atoms with Crippen molar-refractivity contribution in [2.75, 3.05) is 0 Å². The van der Waals surface area contributed by atoms with Gasteiger partial charge in [-0.1, -0.05) is 91.0 Å². The summed E-state index contributed by atoms with van der Waals surface area (Å²) in [5.74, 6) is 0. The lowest BCUT2D eigenvalue weighted by Crippen LogP contribution is -2.36. The van der Waals surface area contributed by atoms with Gasteiger partial charge in [0, 0.05) is 6.42 Å². The Morgan fingerprint density at radius 1 is 0.800 bits per heavy atom. The van der Waals surface area contributed by atoms with E-state index in [0.717, 1.165) is 34.4 Å². The molecule has 1 atom stereocenters. The normalized spacial score (nSPS) is 16.6. The molecule has 0 aliphatic carbocycles. The molecule has 3 nitrogen and oxygen atoms in total. The number of carbonyl (C=O) groups excluding carboxylic acids is 1. The van der Waals surface area contributed by atoms with Crippen LogP contribution in [0.4, 0.5) is 4.79 Å². The van der Waals surface area contributed by atoms with Crippen LogP contribution >= 0.6 is 0 Å². The summed E-state index contributed by atoms with van der Waals surface area (Å²) in [6.07, 6.45) is 0.415. The van der Waals surface area contributed by atoms with E-state index in [-0.39, 0.29) is 12.1 Å². The fraction of sp³-hybridized carbons (Fsp3) is 0.222. The summed E-state index contributed by atoms with van der Waals surface area (Å²) in [5, 5.41) is 0. The zero-order valence-electron chi connectivity index (χ0n) is 17.7. The predicted octanol–water partition coefficient (Wildman–Crippen LogP) is 6.94. The predicted molar refractivity (Wildman–Crippen MR) is 122 cm³/mol. The first-order valence-electron chi connectivity index (χ1n) is 10.4. The van der Waals surface area contributed by atoms with Gasteiger partial charge in [-0.3, -0.25) is 4.90 Å². The zero-order chi connectivity index (χ0) is 21.1. The van der Waals surface area contributed by atoms with Crippen molar-refractivity contribution in [3.05, 3.63) is 108 Å². The molecule has 0 N–H and O–H groups in total. The fourth-order valence-corrected chi connectivity index (χ4v) is 3.96. The maximum atomic E-state index is 13.5. The molecule has 0 saturated heterocycles. The van der Waals surface area contributed by atoms with E-state index in [0.29, 0.717) is 0 Å². The van der Waals surface area contributed by atoms with Crippen LogP contribution in [0, 0.1) is 0 Å². The van der Waals surface area contributed by atoms with Crippen molar-refractivity contribution in [2.24, 2.45) is 0 Å². The van der Waals surface area contributed by atoms with Gasteiger partial charge in [0.1, 0.15) is 5.60 Å². The lowest BCUT2D eigenvalue weighted by atomic mass is 9.96. The molecule has 0 bridgehead atoms. The first-order valence-corrected chi connectivity index (χ1v) is 10.4. The van der Waals surface area contributed by atoms with Gasteiger partial charge in [-0.25, -0.2) is 4.79 Å². The van der Waals surface area contributed by atoms with E-state index in [1.165, 1.54) is 0 Å². The van der Waals surface area contributed by atoms with E-state index in [9.17, 15) is 4.79 Å². The van der Waals surface area contributed by atoms with Gasteiger partial charge in [-0.05, 0) is 43.0 Å². The Bertz CT molecular complexity index is 1030. The summed E-state index contributed by atoms with van der Waals surface area (Å²) < 4.78 is 5.86. The number of hydrogen-bond donors (Lipinski definition) is 0. The molecule has 1 aliphatic rings. The van der Waals surface area contributed by atoms with E-state index in [1.54, 1.807) is 0 Å². The fourth-order valence-electron chi connectivity index (χ4n) is 3.96. The summed E-state index contributed by atoms with van der Waals surface area (Å²) in [5.41, 5.74) is 4.74. The molecule has 0 fully saturated rings. The first kappa shape index (κ1) is 20.0. The van der Waals surface area contributed by atoms with Crippen LogP contribution in [0.2, 0.25) is 0 Å². The molecule has 152 valence electrons. The van der Waals surface area contributed by atoms with Gasteiger partial charge >= 0.3 is 6.09 Å². The van der Waals surface area contributed by atoms with Gasteiger partial charge in [0.2, 0.25) is 0 Å². The minimum Gasteiger partial charge on any atom is -0.443 e. The van der Waals surface area contributed by atoms with Crippen molar-refractivity contribution >= 4 is 17.4 Å². The number of benzene rings is 3. The molecule has 0 unspecified atom stereocenters. The molecule has 3 aromatic carbocycles. The third-order valence-electron chi connectivity index (χ3n) is 5.18. The van der Waals surface area contributed by atoms with E-state index in [1.807, 2.05) is 80.3 Å². The van der Waals surface area contributed by atoms with Crippen LogP contribution in [0.3, 0.4) is 0 Å². The van der Waals surface area contributed by atoms with Crippen molar-refractivity contribution in [2.45, 2.75) is 38.8 Å². The van der Waals surface area contributed by atoms with Crippen LogP contribution in [0.1, 0.15) is 49.9 Å². The molecular formula is C27H27NO2. The van der Waals surface area contributed by atoms with Gasteiger partial charge in [0.25, 0.3) is 0 Å². The molecule has 0 aromatic heterocycles. The standard InChI is InChI=1S/C27H27NO2/c1-27(2,3)30-26(29)28-24(21-15-9-5-10-16-21)19-23(20-13-7-4-8-14-20)25(28)22-17-11-6-12-18-22/h4-18,24H,19H2,1-3H3/t24-/m0/s1. The Hall–Kier alpha value is -3.33. The average molecular weight is 398 g/mol. The highest BCUT2D eigenvalue weighted by Crippen LogP contribution is 2.48. The number of carbonyl (C=O) groups is 1. The summed E-state index contributed by atoms with van der Waals surface area (Å²) in [6, 6.07) is 30.5. The maximum Gasteiger partial charge on any atom is 0.415 e. The van der Waals surface area contributed by atoms with Crippen molar-refractivity contribution < 1.29 is 9.53 Å². The highest BCUT2D eigenvalue weighted by atomic mass is 16.6. The first-order chi connectivity index (χ1) is 14.4. The van der Waals surface area contributed by atoms with Crippen LogP contribution in [-0.4, -0.2) is 16.6 Å². The number of rotatable bonds is 3. The summed E-state index contributed by atoms with van der Waals surface area (Å²) >= 11 is 0. The molecular weight excluding hydrogens is 370 g/mol. The lowest BCUT2D eigenvalue weighted by Gasteiger charge is -2.31. The SMILES string of the molecule is CC(C)(C)OC(=O)N1C(c2ccccc2)=C(c2ccccc2)C[C@H]1c1ccccc1. The molecule has 0 spiro atoms. The van der Waals surface area contributed by atoms with Gasteiger partial charge in [0.15, 0.2) is 0 Å². The Morgan fingerprint density at radius 2 is 1.30 bits per heavy atom. The van der Waals surface area contributed by atoms with Gasteiger partial charge in [-0.15, -0.1) is 0 Å². The van der Waals surface area contributed by atoms with Crippen LogP contribution in [0.5, 0.6) is 0 Å². The lowest BCUT2D eigenvalue weighted by molar-refractivity contribution is 0.0306. The van der Waals surface area contributed by atoms with E-state index in [2.05, 4.69) is 36.4 Å². The molecule has 0 radical (unpaired) electrons. The van der Waals surface area contributed by atoms with Gasteiger partial charge in [-0.2, -0.15) is 0 Å². The maximum absolute atomic E-state index is 13.5. The van der Waals surface area contributed by atoms with Crippen LogP contribution < -0.4 is 0 Å². The number of ether oxygens (including phenoxy) is 1. The van der Waals surface area contributed by atoms with E-state index >= 15 is 0 Å². The molecule has 1 heterocycles. The Morgan fingerprint density at radius 3 is 1.83 bits per heavy atom. The summed E-state index contributed by atoms with van der Waals surface area (Å²) in [7, 11) is 0. The second kappa shape index (κ2) is 8.19. The minimum atomic E-state index is -0.574. The van der Waals surface area contributed by atoms with Gasteiger partial charge in [0.05, 0.1) is 11.7 Å². The molecule has 3 aromatic rings. The van der Waals surface area contributed by atoms with Crippen LogP contribution in [0.15, 0.2) is 91.0 Å². The molecule has 1 amide bonds. The number of nitrogens with zero attached hydrogens (tertiary/aromatic N) is 1. The summed E-state index contributed by atoms with van der Waals surface area (Å²) in [6.45, 7) is 5.72. The second-order valence-corrected chi connectivity index (χ2v) is 8.54. The largest absolute Gasteiger partial charge is 0.443 e. The molecule has 1 aliphatic heterocycles. The molecule has 3 heteroatoms. The monoisotopic (exact) mass is 397 g/mol. The Kier molecular flexibility index (Phi) is 5.45. The summed E-state index contributed by atoms with van der Waals surface area (Å²) in [4.78, 5) is 15.3. The quantitative estimate of drug-likeness (QED) is 0.479. The van der Waals surface area contributed by atoms with Crippen molar-refractivity contribution in [3.63, 3.8) is 0 Å². The highest BCUT2D eigenvalue weighted by Gasteiger charge is 2.40. The zero-order valence-corrected chi connectivity index (χ0v) is 17.7. The smallest absolute Gasteiger partial charge is 0.415 e. The molecule has 4 rings (SSSR count). The average Bonchev–Trinajstić information content (AvgIpc) is 3.15. The van der Waals surface area contributed by atoms with E-state index in [4.69, 9.17) is 4.74 Å². The number of hydrogen-bond acceptors (Lipinski definition) is 2. The Labute approximate surface area is 178 Å².